The Morgan fingerprint density at radius 3 is 2.37 bits per heavy atom. The van der Waals surface area contributed by atoms with Crippen LogP contribution in [0.25, 0.3) is 0 Å². The minimum absolute atomic E-state index is 0.0865. The van der Waals surface area contributed by atoms with E-state index in [4.69, 9.17) is 35.7 Å². The van der Waals surface area contributed by atoms with Crippen LogP contribution in [0.3, 0.4) is 0 Å². The molecule has 0 bridgehead atoms. The summed E-state index contributed by atoms with van der Waals surface area (Å²) in [6.45, 7) is 11.3. The van der Waals surface area contributed by atoms with Crippen LogP contribution in [-0.4, -0.2) is 112 Å². The van der Waals surface area contributed by atoms with Gasteiger partial charge in [-0.2, -0.15) is 0 Å². The summed E-state index contributed by atoms with van der Waals surface area (Å²) < 4.78 is 23.4. The second-order valence-corrected chi connectivity index (χ2v) is 14.4. The quantitative estimate of drug-likeness (QED) is 0.0606. The zero-order valence-corrected chi connectivity index (χ0v) is 32.8. The van der Waals surface area contributed by atoms with Crippen molar-refractivity contribution in [2.45, 2.75) is 141 Å². The molecule has 1 aliphatic heterocycles. The number of carbonyl (C=O) groups excluding carboxylic acids is 2. The van der Waals surface area contributed by atoms with Crippen LogP contribution in [0.4, 0.5) is 0 Å². The number of allylic oxidation sites excluding steroid dienone is 2. The number of benzene rings is 1. The van der Waals surface area contributed by atoms with Crippen molar-refractivity contribution >= 4 is 23.5 Å². The first-order chi connectivity index (χ1) is 24.6. The van der Waals surface area contributed by atoms with E-state index in [0.717, 1.165) is 12.0 Å². The van der Waals surface area contributed by atoms with Crippen molar-refractivity contribution in [2.75, 3.05) is 26.9 Å². The largest absolute Gasteiger partial charge is 0.458 e. The van der Waals surface area contributed by atoms with E-state index < -0.39 is 47.5 Å². The van der Waals surface area contributed by atoms with Crippen molar-refractivity contribution in [1.29, 1.82) is 0 Å². The van der Waals surface area contributed by atoms with Crippen LogP contribution in [0.1, 0.15) is 92.1 Å². The van der Waals surface area contributed by atoms with Gasteiger partial charge in [-0.1, -0.05) is 61.9 Å². The number of nitrogens with zero attached hydrogens (tertiary/aromatic N) is 1. The molecule has 11 nitrogen and oxygen atoms in total. The number of carbonyl (C=O) groups is 2. The summed E-state index contributed by atoms with van der Waals surface area (Å²) in [5, 5.41) is 42.2. The van der Waals surface area contributed by atoms with E-state index in [1.807, 2.05) is 56.9 Å². The average Bonchev–Trinajstić information content (AvgIpc) is 3.06. The van der Waals surface area contributed by atoms with Gasteiger partial charge in [0.1, 0.15) is 12.2 Å². The number of aliphatic hydroxyl groups is 4. The zero-order valence-electron chi connectivity index (χ0n) is 32.0. The number of ether oxygens (including phenoxy) is 4. The van der Waals surface area contributed by atoms with E-state index in [0.29, 0.717) is 36.4 Å². The lowest BCUT2D eigenvalue weighted by Crippen LogP contribution is -2.67. The highest BCUT2D eigenvalue weighted by Gasteiger charge is 2.54. The molecular weight excluding hydrogens is 690 g/mol. The lowest BCUT2D eigenvalue weighted by atomic mass is 9.76. The normalized spacial score (nSPS) is 22.1. The molecule has 8 atom stereocenters. The number of hydrogen-bond acceptors (Lipinski definition) is 11. The molecule has 52 heavy (non-hydrogen) atoms. The van der Waals surface area contributed by atoms with Crippen LogP contribution in [0, 0.1) is 0 Å². The van der Waals surface area contributed by atoms with Gasteiger partial charge in [-0.05, 0) is 75.8 Å². The van der Waals surface area contributed by atoms with Gasteiger partial charge in [-0.15, -0.1) is 0 Å². The summed E-state index contributed by atoms with van der Waals surface area (Å²) in [5.74, 6) is -0.984. The van der Waals surface area contributed by atoms with Gasteiger partial charge in [0.15, 0.2) is 0 Å². The van der Waals surface area contributed by atoms with Crippen LogP contribution in [0.5, 0.6) is 0 Å². The zero-order chi connectivity index (χ0) is 38.9. The Hall–Kier alpha value is -2.61. The molecule has 0 aliphatic carbocycles. The molecule has 2 rings (SSSR count). The van der Waals surface area contributed by atoms with Crippen molar-refractivity contribution in [3.05, 3.63) is 70.8 Å². The summed E-state index contributed by atoms with van der Waals surface area (Å²) >= 11 is 6.15. The Morgan fingerprint density at radius 1 is 1.13 bits per heavy atom. The van der Waals surface area contributed by atoms with Gasteiger partial charge in [-0.25, -0.2) is 0 Å². The highest BCUT2D eigenvalue weighted by molar-refractivity contribution is 6.30. The predicted molar refractivity (Wildman–Crippen MR) is 202 cm³/mol. The molecule has 1 heterocycles. The minimum Gasteiger partial charge on any atom is -0.458 e. The maximum atomic E-state index is 12.8. The second kappa shape index (κ2) is 22.6. The standard InChI is InChI=1S/C40H62ClNO10/c1-8-33(50-29(4)45)15-10-16-34(51-37(47)25-32(46)14-12-23-43)28(3)13-11-21-39(5,48)38(35-26-40(6,52-35)36(9-2)49-7)42(22-24-44)27-30-17-19-31(41)20-18-30/h10-11,13,15,17-21,32-36,38,43-44,46,48H,8-9,12,14,16,22-27H2,1-7H3. The number of aliphatic hydroxyl groups excluding tert-OH is 3. The van der Waals surface area contributed by atoms with E-state index in [2.05, 4.69) is 0 Å². The van der Waals surface area contributed by atoms with Gasteiger partial charge in [-0.3, -0.25) is 14.5 Å². The predicted octanol–water partition coefficient (Wildman–Crippen LogP) is 5.45. The topological polar surface area (TPSA) is 155 Å². The number of rotatable bonds is 24. The SMILES string of the molecule is CCC(C=CCC(OC(=O)CC(O)CCCO)C(C)=CC=CC(C)(O)C(C1CC(C)(C(CC)OC)O1)N(CCO)Cc1ccc(Cl)cc1)OC(C)=O. The molecule has 0 aromatic heterocycles. The summed E-state index contributed by atoms with van der Waals surface area (Å²) in [6.07, 6.45) is 8.81. The molecule has 1 aromatic carbocycles. The van der Waals surface area contributed by atoms with Crippen molar-refractivity contribution in [2.24, 2.45) is 0 Å². The van der Waals surface area contributed by atoms with Crippen LogP contribution in [-0.2, 0) is 35.1 Å². The molecule has 4 N–H and O–H groups in total. The van der Waals surface area contributed by atoms with Gasteiger partial charge in [0.05, 0.1) is 48.6 Å². The Labute approximate surface area is 315 Å². The fraction of sp³-hybridized carbons (Fsp3) is 0.650. The first-order valence-corrected chi connectivity index (χ1v) is 18.7. The van der Waals surface area contributed by atoms with Gasteiger partial charge in [0, 0.05) is 51.6 Å². The molecule has 0 spiro atoms. The van der Waals surface area contributed by atoms with Gasteiger partial charge >= 0.3 is 11.9 Å². The fourth-order valence-electron chi connectivity index (χ4n) is 6.80. The van der Waals surface area contributed by atoms with Crippen LogP contribution < -0.4 is 0 Å². The van der Waals surface area contributed by atoms with Crippen LogP contribution in [0.15, 0.2) is 60.2 Å². The van der Waals surface area contributed by atoms with Crippen molar-refractivity contribution in [3.8, 4) is 0 Å². The Balaban J connectivity index is 2.41. The third kappa shape index (κ3) is 14.7. The third-order valence-corrected chi connectivity index (χ3v) is 9.74. The van der Waals surface area contributed by atoms with E-state index in [-0.39, 0.29) is 51.2 Å². The highest BCUT2D eigenvalue weighted by Crippen LogP contribution is 2.43. The highest BCUT2D eigenvalue weighted by atomic mass is 35.5. The van der Waals surface area contributed by atoms with E-state index in [1.165, 1.54) is 6.92 Å². The van der Waals surface area contributed by atoms with Crippen molar-refractivity contribution in [3.63, 3.8) is 0 Å². The van der Waals surface area contributed by atoms with E-state index >= 15 is 0 Å². The molecule has 0 amide bonds. The van der Waals surface area contributed by atoms with Crippen LogP contribution >= 0.6 is 11.6 Å². The summed E-state index contributed by atoms with van der Waals surface area (Å²) in [4.78, 5) is 26.3. The molecule has 1 fully saturated rings. The average molecular weight is 752 g/mol. The minimum atomic E-state index is -1.44. The molecule has 1 aromatic rings. The summed E-state index contributed by atoms with van der Waals surface area (Å²) in [5.41, 5.74) is -0.336. The molecule has 0 saturated carbocycles. The fourth-order valence-corrected chi connectivity index (χ4v) is 6.92. The number of methoxy groups -OCH3 is 1. The summed E-state index contributed by atoms with van der Waals surface area (Å²) in [7, 11) is 1.67. The van der Waals surface area contributed by atoms with Crippen molar-refractivity contribution < 1.29 is 49.0 Å². The van der Waals surface area contributed by atoms with Crippen molar-refractivity contribution in [1.82, 2.24) is 4.90 Å². The van der Waals surface area contributed by atoms with Crippen LogP contribution in [0.2, 0.25) is 5.02 Å². The monoisotopic (exact) mass is 751 g/mol. The second-order valence-electron chi connectivity index (χ2n) is 14.0. The molecule has 1 saturated heterocycles. The van der Waals surface area contributed by atoms with Gasteiger partial charge < -0.3 is 39.4 Å². The maximum absolute atomic E-state index is 12.8. The van der Waals surface area contributed by atoms with Gasteiger partial charge in [0.2, 0.25) is 0 Å². The molecular formula is C40H62ClNO10. The Bertz CT molecular complexity index is 1300. The summed E-state index contributed by atoms with van der Waals surface area (Å²) in [6, 6.07) is 6.89. The third-order valence-electron chi connectivity index (χ3n) is 9.49. The molecule has 0 radical (unpaired) electrons. The number of esters is 2. The Morgan fingerprint density at radius 2 is 1.81 bits per heavy atom. The van der Waals surface area contributed by atoms with E-state index in [1.54, 1.807) is 44.4 Å². The number of hydrogen-bond donors (Lipinski definition) is 4. The van der Waals surface area contributed by atoms with E-state index in [9.17, 15) is 24.9 Å². The Kier molecular flexibility index (Phi) is 19.8. The maximum Gasteiger partial charge on any atom is 0.309 e. The van der Waals surface area contributed by atoms with Gasteiger partial charge in [0.25, 0.3) is 0 Å². The molecule has 8 unspecified atom stereocenters. The number of halogens is 1. The molecule has 1 aliphatic rings. The first-order valence-electron chi connectivity index (χ1n) is 18.3. The molecule has 294 valence electrons. The lowest BCUT2D eigenvalue weighted by Gasteiger charge is -2.56. The lowest BCUT2D eigenvalue weighted by molar-refractivity contribution is -0.275. The first kappa shape index (κ1) is 45.5. The smallest absolute Gasteiger partial charge is 0.309 e. The molecule has 12 heteroatoms.